The molecule has 3 saturated heterocycles. The molecule has 0 N–H and O–H groups in total. The first-order chi connectivity index (χ1) is 9.58. The third kappa shape index (κ3) is 2.22. The van der Waals surface area contributed by atoms with E-state index in [0.29, 0.717) is 0 Å². The fourth-order valence-electron chi connectivity index (χ4n) is 5.18. The van der Waals surface area contributed by atoms with Gasteiger partial charge in [0, 0.05) is 19.1 Å². The van der Waals surface area contributed by atoms with Crippen LogP contribution >= 0.6 is 0 Å². The van der Waals surface area contributed by atoms with E-state index in [1.54, 1.807) is 0 Å². The number of piperidine rings is 2. The Morgan fingerprint density at radius 2 is 1.15 bits per heavy atom. The Labute approximate surface area is 124 Å². The molecule has 0 unspecified atom stereocenters. The van der Waals surface area contributed by atoms with E-state index < -0.39 is 0 Å². The zero-order valence-electron chi connectivity index (χ0n) is 13.4. The molecule has 114 valence electrons. The van der Waals surface area contributed by atoms with Crippen LogP contribution in [-0.2, 0) is 0 Å². The summed E-state index contributed by atoms with van der Waals surface area (Å²) < 4.78 is 0. The summed E-state index contributed by atoms with van der Waals surface area (Å²) in [6.07, 6.45) is 8.84. The normalized spacial score (nSPS) is 35.1. The number of rotatable bonds is 1. The van der Waals surface area contributed by atoms with Crippen LogP contribution in [0.2, 0.25) is 0 Å². The summed E-state index contributed by atoms with van der Waals surface area (Å²) in [5, 5.41) is 0. The first-order valence-corrected chi connectivity index (χ1v) is 8.69. The van der Waals surface area contributed by atoms with Gasteiger partial charge in [0.2, 0.25) is 0 Å². The Bertz CT molecular complexity index is 312. The lowest BCUT2D eigenvalue weighted by Gasteiger charge is -2.62. The number of likely N-dealkylation sites (tertiary alicyclic amines) is 3. The maximum Gasteiger partial charge on any atom is 0.0106 e. The van der Waals surface area contributed by atoms with Gasteiger partial charge in [-0.25, -0.2) is 0 Å². The molecule has 4 aliphatic rings. The van der Waals surface area contributed by atoms with Gasteiger partial charge in [0.15, 0.2) is 0 Å². The first-order valence-electron chi connectivity index (χ1n) is 8.69. The van der Waals surface area contributed by atoms with Gasteiger partial charge in [-0.05, 0) is 89.6 Å². The molecular formula is C17H31N3. The van der Waals surface area contributed by atoms with Crippen molar-refractivity contribution in [1.82, 2.24) is 14.7 Å². The van der Waals surface area contributed by atoms with Crippen LogP contribution in [0.3, 0.4) is 0 Å². The highest BCUT2D eigenvalue weighted by Gasteiger charge is 2.53. The summed E-state index contributed by atoms with van der Waals surface area (Å²) in [5.74, 6) is 0. The predicted octanol–water partition coefficient (Wildman–Crippen LogP) is 1.89. The van der Waals surface area contributed by atoms with E-state index >= 15 is 0 Å². The number of hydrogen-bond acceptors (Lipinski definition) is 3. The minimum atomic E-state index is 0.724. The summed E-state index contributed by atoms with van der Waals surface area (Å²) in [4.78, 5) is 7.84. The van der Waals surface area contributed by atoms with Crippen molar-refractivity contribution in [3.8, 4) is 0 Å². The zero-order valence-corrected chi connectivity index (χ0v) is 13.4. The van der Waals surface area contributed by atoms with E-state index in [2.05, 4.69) is 28.8 Å². The molecule has 3 aliphatic heterocycles. The fraction of sp³-hybridized carbons (Fsp3) is 1.00. The summed E-state index contributed by atoms with van der Waals surface area (Å²) in [6.45, 7) is 8.17. The van der Waals surface area contributed by atoms with Crippen molar-refractivity contribution in [2.75, 3.05) is 53.4 Å². The molecule has 20 heavy (non-hydrogen) atoms. The minimum absolute atomic E-state index is 0.724. The molecule has 0 aromatic heterocycles. The maximum atomic E-state index is 2.83. The molecule has 0 atom stereocenters. The second-order valence-corrected chi connectivity index (χ2v) is 8.57. The number of hydrogen-bond donors (Lipinski definition) is 0. The molecule has 1 saturated carbocycles. The molecule has 2 spiro atoms. The van der Waals surface area contributed by atoms with Crippen LogP contribution in [0.1, 0.15) is 38.5 Å². The second kappa shape index (κ2) is 4.69. The summed E-state index contributed by atoms with van der Waals surface area (Å²) in [6, 6.07) is 0.948. The van der Waals surface area contributed by atoms with Gasteiger partial charge < -0.3 is 9.80 Å². The minimum Gasteiger partial charge on any atom is -0.306 e. The van der Waals surface area contributed by atoms with E-state index in [1.165, 1.54) is 77.8 Å². The Balaban J connectivity index is 1.25. The Morgan fingerprint density at radius 1 is 0.700 bits per heavy atom. The summed E-state index contributed by atoms with van der Waals surface area (Å²) in [5.41, 5.74) is 1.48. The maximum absolute atomic E-state index is 2.83. The van der Waals surface area contributed by atoms with Crippen molar-refractivity contribution in [2.24, 2.45) is 10.8 Å². The largest absolute Gasteiger partial charge is 0.306 e. The van der Waals surface area contributed by atoms with Gasteiger partial charge >= 0.3 is 0 Å². The predicted molar refractivity (Wildman–Crippen MR) is 82.9 cm³/mol. The molecule has 0 aromatic rings. The summed E-state index contributed by atoms with van der Waals surface area (Å²) >= 11 is 0. The van der Waals surface area contributed by atoms with E-state index in [-0.39, 0.29) is 0 Å². The molecule has 0 amide bonds. The van der Waals surface area contributed by atoms with Crippen molar-refractivity contribution in [1.29, 1.82) is 0 Å². The highest BCUT2D eigenvalue weighted by Crippen LogP contribution is 2.54. The molecule has 3 nitrogen and oxygen atoms in total. The molecule has 0 aromatic carbocycles. The van der Waals surface area contributed by atoms with Crippen LogP contribution in [0, 0.1) is 10.8 Å². The van der Waals surface area contributed by atoms with Crippen molar-refractivity contribution in [3.63, 3.8) is 0 Å². The summed E-state index contributed by atoms with van der Waals surface area (Å²) in [7, 11) is 4.56. The van der Waals surface area contributed by atoms with Crippen LogP contribution in [0.5, 0.6) is 0 Å². The SMILES string of the molecule is CN1CCC2(CC1)CC(N1CC3(CCN(C)CC3)C1)C2. The average molecular weight is 277 g/mol. The van der Waals surface area contributed by atoms with Gasteiger partial charge in [-0.1, -0.05) is 0 Å². The molecule has 0 bridgehead atoms. The van der Waals surface area contributed by atoms with Crippen LogP contribution in [-0.4, -0.2) is 74.1 Å². The Hall–Kier alpha value is -0.120. The highest BCUT2D eigenvalue weighted by atomic mass is 15.3. The topological polar surface area (TPSA) is 9.72 Å². The first kappa shape index (κ1) is 13.5. The molecular weight excluding hydrogens is 246 g/mol. The smallest absolute Gasteiger partial charge is 0.0106 e. The highest BCUT2D eigenvalue weighted by molar-refractivity contribution is 5.07. The molecule has 1 aliphatic carbocycles. The quantitative estimate of drug-likeness (QED) is 0.725. The third-order valence-electron chi connectivity index (χ3n) is 7.03. The molecule has 4 fully saturated rings. The van der Waals surface area contributed by atoms with Crippen LogP contribution < -0.4 is 0 Å². The van der Waals surface area contributed by atoms with Crippen molar-refractivity contribution >= 4 is 0 Å². The average Bonchev–Trinajstić information content (AvgIpc) is 2.37. The molecule has 3 heteroatoms. The van der Waals surface area contributed by atoms with Gasteiger partial charge in [0.25, 0.3) is 0 Å². The van der Waals surface area contributed by atoms with Crippen molar-refractivity contribution < 1.29 is 0 Å². The van der Waals surface area contributed by atoms with Gasteiger partial charge in [-0.15, -0.1) is 0 Å². The van der Waals surface area contributed by atoms with Gasteiger partial charge in [-0.2, -0.15) is 0 Å². The Morgan fingerprint density at radius 3 is 1.65 bits per heavy atom. The lowest BCUT2D eigenvalue weighted by Crippen LogP contribution is -2.66. The van der Waals surface area contributed by atoms with E-state index in [4.69, 9.17) is 0 Å². The molecule has 0 radical (unpaired) electrons. The third-order valence-corrected chi connectivity index (χ3v) is 7.03. The van der Waals surface area contributed by atoms with Crippen molar-refractivity contribution in [2.45, 2.75) is 44.6 Å². The second-order valence-electron chi connectivity index (χ2n) is 8.57. The lowest BCUT2D eigenvalue weighted by molar-refractivity contribution is -0.126. The van der Waals surface area contributed by atoms with Gasteiger partial charge in [0.1, 0.15) is 0 Å². The van der Waals surface area contributed by atoms with Crippen molar-refractivity contribution in [3.05, 3.63) is 0 Å². The van der Waals surface area contributed by atoms with Gasteiger partial charge in [0.05, 0.1) is 0 Å². The standard InChI is InChI=1S/C17H31N3/c1-18-7-3-16(4-8-18)11-15(12-16)20-13-17(14-20)5-9-19(2)10-6-17/h15H,3-14H2,1-2H3. The monoisotopic (exact) mass is 277 g/mol. The lowest BCUT2D eigenvalue weighted by atomic mass is 9.58. The van der Waals surface area contributed by atoms with E-state index in [0.717, 1.165) is 16.9 Å². The van der Waals surface area contributed by atoms with Crippen LogP contribution in [0.4, 0.5) is 0 Å². The Kier molecular flexibility index (Phi) is 3.17. The molecule has 4 rings (SSSR count). The van der Waals surface area contributed by atoms with Crippen LogP contribution in [0.15, 0.2) is 0 Å². The van der Waals surface area contributed by atoms with E-state index in [1.807, 2.05) is 0 Å². The van der Waals surface area contributed by atoms with Crippen LogP contribution in [0.25, 0.3) is 0 Å². The zero-order chi connectivity index (χ0) is 13.8. The molecule has 3 heterocycles. The number of nitrogens with zero attached hydrogens (tertiary/aromatic N) is 3. The van der Waals surface area contributed by atoms with E-state index in [9.17, 15) is 0 Å². The van der Waals surface area contributed by atoms with Gasteiger partial charge in [-0.3, -0.25) is 4.90 Å². The fourth-order valence-corrected chi connectivity index (χ4v) is 5.18.